The number of aryl methyl sites for hydroxylation is 2. The molecule has 2 aromatic carbocycles. The first kappa shape index (κ1) is 12.2. The minimum atomic E-state index is 1.02. The highest BCUT2D eigenvalue weighted by Crippen LogP contribution is 2.25. The molecule has 1 radical (unpaired) electrons. The first-order chi connectivity index (χ1) is 8.36. The van der Waals surface area contributed by atoms with Crippen molar-refractivity contribution in [1.82, 2.24) is 0 Å². The van der Waals surface area contributed by atoms with Crippen LogP contribution in [0, 0.1) is 6.92 Å². The molecule has 0 aliphatic carbocycles. The molecule has 0 bridgehead atoms. The molecule has 2 rings (SSSR count). The van der Waals surface area contributed by atoms with E-state index in [4.69, 9.17) is 0 Å². The number of unbranched alkanes of at least 4 members (excludes halogenated alkanes) is 1. The Morgan fingerprint density at radius 2 is 1.47 bits per heavy atom. The van der Waals surface area contributed by atoms with Gasteiger partial charge in [0.05, 0.1) is 0 Å². The Morgan fingerprint density at radius 1 is 0.882 bits per heavy atom. The second-order valence-electron chi connectivity index (χ2n) is 4.64. The van der Waals surface area contributed by atoms with Crippen molar-refractivity contribution in [1.29, 1.82) is 0 Å². The second kappa shape index (κ2) is 5.86. The lowest BCUT2D eigenvalue weighted by atomic mass is 9.95. The number of hydrogen-bond donors (Lipinski definition) is 0. The first-order valence-electron chi connectivity index (χ1n) is 6.65. The van der Waals surface area contributed by atoms with Crippen molar-refractivity contribution in [3.63, 3.8) is 0 Å². The summed E-state index contributed by atoms with van der Waals surface area (Å²) in [4.78, 5) is 0. The SMILES string of the molecule is [CH2]CCCc1ccc(CCC)c2ccccc12. The van der Waals surface area contributed by atoms with Crippen LogP contribution in [-0.4, -0.2) is 0 Å². The fourth-order valence-electron chi connectivity index (χ4n) is 2.44. The van der Waals surface area contributed by atoms with Gasteiger partial charge in [0, 0.05) is 0 Å². The molecule has 0 fully saturated rings. The Balaban J connectivity index is 2.46. The Hall–Kier alpha value is -1.30. The molecule has 0 unspecified atom stereocenters. The Bertz CT molecular complexity index is 482. The van der Waals surface area contributed by atoms with Gasteiger partial charge in [0.15, 0.2) is 0 Å². The molecule has 0 atom stereocenters. The Kier molecular flexibility index (Phi) is 4.19. The van der Waals surface area contributed by atoms with Crippen LogP contribution >= 0.6 is 0 Å². The van der Waals surface area contributed by atoms with Gasteiger partial charge in [-0.05, 0) is 41.2 Å². The predicted octanol–water partition coefficient (Wildman–Crippen LogP) is 4.95. The average Bonchev–Trinajstić information content (AvgIpc) is 2.38. The van der Waals surface area contributed by atoms with Crippen LogP contribution in [0.15, 0.2) is 36.4 Å². The molecule has 0 N–H and O–H groups in total. The quantitative estimate of drug-likeness (QED) is 0.675. The lowest BCUT2D eigenvalue weighted by molar-refractivity contribution is 0.845. The summed E-state index contributed by atoms with van der Waals surface area (Å²) < 4.78 is 0. The van der Waals surface area contributed by atoms with Crippen LogP contribution in [0.5, 0.6) is 0 Å². The number of benzene rings is 2. The molecule has 0 aliphatic heterocycles. The number of hydrogen-bond acceptors (Lipinski definition) is 0. The van der Waals surface area contributed by atoms with E-state index in [2.05, 4.69) is 50.2 Å². The smallest absolute Gasteiger partial charge is 0.0149 e. The van der Waals surface area contributed by atoms with Crippen LogP contribution in [0.1, 0.15) is 37.3 Å². The maximum atomic E-state index is 3.93. The van der Waals surface area contributed by atoms with Gasteiger partial charge in [0.25, 0.3) is 0 Å². The van der Waals surface area contributed by atoms with Crippen molar-refractivity contribution in [3.05, 3.63) is 54.4 Å². The van der Waals surface area contributed by atoms with Gasteiger partial charge >= 0.3 is 0 Å². The summed E-state index contributed by atoms with van der Waals surface area (Å²) in [5.41, 5.74) is 2.96. The average molecular weight is 225 g/mol. The minimum absolute atomic E-state index is 1.02. The molecule has 0 saturated heterocycles. The summed E-state index contributed by atoms with van der Waals surface area (Å²) in [5.74, 6) is 0. The topological polar surface area (TPSA) is 0 Å². The summed E-state index contributed by atoms with van der Waals surface area (Å²) in [6.07, 6.45) is 5.73. The van der Waals surface area contributed by atoms with Crippen molar-refractivity contribution in [3.8, 4) is 0 Å². The van der Waals surface area contributed by atoms with Crippen LogP contribution in [0.2, 0.25) is 0 Å². The molecule has 0 saturated carbocycles. The number of rotatable bonds is 5. The highest BCUT2D eigenvalue weighted by Gasteiger charge is 2.04. The summed E-state index contributed by atoms with van der Waals surface area (Å²) in [6, 6.07) is 13.4. The lowest BCUT2D eigenvalue weighted by Gasteiger charge is -2.10. The van der Waals surface area contributed by atoms with Crippen LogP contribution < -0.4 is 0 Å². The molecule has 17 heavy (non-hydrogen) atoms. The maximum Gasteiger partial charge on any atom is -0.0149 e. The molecular formula is C17H21. The van der Waals surface area contributed by atoms with Gasteiger partial charge in [-0.2, -0.15) is 0 Å². The van der Waals surface area contributed by atoms with Crippen molar-refractivity contribution in [2.24, 2.45) is 0 Å². The van der Waals surface area contributed by atoms with Crippen LogP contribution in [-0.2, 0) is 12.8 Å². The number of fused-ring (bicyclic) bond motifs is 1. The van der Waals surface area contributed by atoms with Crippen LogP contribution in [0.3, 0.4) is 0 Å². The van der Waals surface area contributed by atoms with Gasteiger partial charge in [-0.15, -0.1) is 0 Å². The van der Waals surface area contributed by atoms with E-state index >= 15 is 0 Å². The van der Waals surface area contributed by atoms with E-state index in [0.29, 0.717) is 0 Å². The van der Waals surface area contributed by atoms with Crippen LogP contribution in [0.25, 0.3) is 10.8 Å². The van der Waals surface area contributed by atoms with Crippen molar-refractivity contribution in [2.45, 2.75) is 39.0 Å². The van der Waals surface area contributed by atoms with Gasteiger partial charge in [0.1, 0.15) is 0 Å². The summed E-state index contributed by atoms with van der Waals surface area (Å²) >= 11 is 0. The maximum absolute atomic E-state index is 3.93. The molecule has 0 nitrogen and oxygen atoms in total. The molecule has 0 heteroatoms. The highest BCUT2D eigenvalue weighted by molar-refractivity contribution is 5.88. The summed E-state index contributed by atoms with van der Waals surface area (Å²) in [7, 11) is 0. The van der Waals surface area contributed by atoms with E-state index in [9.17, 15) is 0 Å². The Morgan fingerprint density at radius 3 is 2.00 bits per heavy atom. The fraction of sp³-hybridized carbons (Fsp3) is 0.353. The lowest BCUT2D eigenvalue weighted by Crippen LogP contribution is -1.92. The predicted molar refractivity (Wildman–Crippen MR) is 76.2 cm³/mol. The van der Waals surface area contributed by atoms with E-state index in [0.717, 1.165) is 12.8 Å². The summed E-state index contributed by atoms with van der Waals surface area (Å²) in [6.45, 7) is 6.17. The van der Waals surface area contributed by atoms with E-state index in [1.54, 1.807) is 0 Å². The normalized spacial score (nSPS) is 10.9. The standard InChI is InChI=1S/C17H21/c1-3-5-9-15-13-12-14(8-4-2)16-10-6-7-11-17(15)16/h6-7,10-13H,1,3-5,8-9H2,2H3. The van der Waals surface area contributed by atoms with E-state index in [-0.39, 0.29) is 0 Å². The zero-order valence-electron chi connectivity index (χ0n) is 10.7. The summed E-state index contributed by atoms with van der Waals surface area (Å²) in [5, 5.41) is 2.88. The zero-order chi connectivity index (χ0) is 12.1. The molecule has 0 amide bonds. The van der Waals surface area contributed by atoms with Crippen molar-refractivity contribution < 1.29 is 0 Å². The monoisotopic (exact) mass is 225 g/mol. The molecular weight excluding hydrogens is 204 g/mol. The molecule has 0 aromatic heterocycles. The third-order valence-electron chi connectivity index (χ3n) is 3.32. The third-order valence-corrected chi connectivity index (χ3v) is 3.32. The molecule has 0 spiro atoms. The van der Waals surface area contributed by atoms with Crippen LogP contribution in [0.4, 0.5) is 0 Å². The fourth-order valence-corrected chi connectivity index (χ4v) is 2.44. The van der Waals surface area contributed by atoms with Gasteiger partial charge in [-0.25, -0.2) is 0 Å². The molecule has 89 valence electrons. The largest absolute Gasteiger partial charge is 0.0651 e. The van der Waals surface area contributed by atoms with Crippen molar-refractivity contribution in [2.75, 3.05) is 0 Å². The van der Waals surface area contributed by atoms with E-state index in [1.807, 2.05) is 0 Å². The first-order valence-corrected chi connectivity index (χ1v) is 6.65. The Labute approximate surface area is 105 Å². The molecule has 0 heterocycles. The van der Waals surface area contributed by atoms with Gasteiger partial charge in [0.2, 0.25) is 0 Å². The molecule has 0 aliphatic rings. The van der Waals surface area contributed by atoms with E-state index in [1.165, 1.54) is 41.2 Å². The second-order valence-corrected chi connectivity index (χ2v) is 4.64. The van der Waals surface area contributed by atoms with Gasteiger partial charge in [-0.1, -0.05) is 63.1 Å². The van der Waals surface area contributed by atoms with Gasteiger partial charge < -0.3 is 0 Å². The van der Waals surface area contributed by atoms with E-state index < -0.39 is 0 Å². The van der Waals surface area contributed by atoms with Gasteiger partial charge in [-0.3, -0.25) is 0 Å². The molecule has 2 aromatic rings. The minimum Gasteiger partial charge on any atom is -0.0651 e. The van der Waals surface area contributed by atoms with Crippen molar-refractivity contribution >= 4 is 10.8 Å². The third kappa shape index (κ3) is 2.69. The zero-order valence-corrected chi connectivity index (χ0v) is 10.7. The highest BCUT2D eigenvalue weighted by atomic mass is 14.1.